The van der Waals surface area contributed by atoms with E-state index in [0.29, 0.717) is 18.2 Å². The predicted molar refractivity (Wildman–Crippen MR) is 68.3 cm³/mol. The van der Waals surface area contributed by atoms with Crippen LogP contribution in [0.4, 0.5) is 0 Å². The molecule has 1 aliphatic carbocycles. The normalized spacial score (nSPS) is 15.8. The van der Waals surface area contributed by atoms with Crippen molar-refractivity contribution in [3.05, 3.63) is 17.5 Å². The van der Waals surface area contributed by atoms with Gasteiger partial charge in [0.15, 0.2) is 0 Å². The fraction of sp³-hybridized carbons (Fsp3) is 0.692. The molecule has 1 heterocycles. The Balaban J connectivity index is 2.28. The maximum atomic E-state index is 12.0. The molecule has 18 heavy (non-hydrogen) atoms. The highest BCUT2D eigenvalue weighted by Gasteiger charge is 2.31. The van der Waals surface area contributed by atoms with E-state index in [9.17, 15) is 4.79 Å². The van der Waals surface area contributed by atoms with Crippen LogP contribution in [-0.2, 0) is 10.4 Å². The summed E-state index contributed by atoms with van der Waals surface area (Å²) in [7, 11) is 0. The van der Waals surface area contributed by atoms with Gasteiger partial charge in [0.05, 0.1) is 17.8 Å². The number of carbonyl (C=O) groups is 1. The molecule has 5 nitrogen and oxygen atoms in total. The number of nitrogens with zero attached hydrogens (tertiary/aromatic N) is 2. The summed E-state index contributed by atoms with van der Waals surface area (Å²) in [5, 5.41) is 4.57. The van der Waals surface area contributed by atoms with Gasteiger partial charge >= 0.3 is 0 Å². The highest BCUT2D eigenvalue weighted by atomic mass is 16.6. The zero-order chi connectivity index (χ0) is 13.3. The van der Waals surface area contributed by atoms with Crippen molar-refractivity contribution in [1.82, 2.24) is 15.3 Å². The number of hydrogen-bond acceptors (Lipinski definition) is 3. The summed E-state index contributed by atoms with van der Waals surface area (Å²) in [6.07, 6.45) is 2.35. The SMILES string of the molecule is CCONC(=O)c1cc(C2CC2)nn1C(C)(C)C. The third-order valence-electron chi connectivity index (χ3n) is 2.90. The van der Waals surface area contributed by atoms with Crippen LogP contribution in [0.2, 0.25) is 0 Å². The monoisotopic (exact) mass is 251 g/mol. The molecule has 1 fully saturated rings. The van der Waals surface area contributed by atoms with Crippen LogP contribution in [0.25, 0.3) is 0 Å². The van der Waals surface area contributed by atoms with Gasteiger partial charge in [-0.25, -0.2) is 5.48 Å². The van der Waals surface area contributed by atoms with E-state index in [1.54, 1.807) is 4.68 Å². The number of aromatic nitrogens is 2. The summed E-state index contributed by atoms with van der Waals surface area (Å²) in [4.78, 5) is 17.0. The fourth-order valence-electron chi connectivity index (χ4n) is 1.84. The Morgan fingerprint density at radius 1 is 1.56 bits per heavy atom. The van der Waals surface area contributed by atoms with Crippen molar-refractivity contribution < 1.29 is 9.63 Å². The van der Waals surface area contributed by atoms with E-state index < -0.39 is 0 Å². The Kier molecular flexibility index (Phi) is 3.43. The molecule has 0 atom stereocenters. The molecular formula is C13H21N3O2. The van der Waals surface area contributed by atoms with Crippen LogP contribution < -0.4 is 5.48 Å². The van der Waals surface area contributed by atoms with Gasteiger partial charge in [0, 0.05) is 5.92 Å². The number of carbonyl (C=O) groups excluding carboxylic acids is 1. The van der Waals surface area contributed by atoms with E-state index in [4.69, 9.17) is 4.84 Å². The molecule has 1 saturated carbocycles. The summed E-state index contributed by atoms with van der Waals surface area (Å²) < 4.78 is 1.79. The lowest BCUT2D eigenvalue weighted by molar-refractivity contribution is 0.0350. The Hall–Kier alpha value is -1.36. The number of hydrogen-bond donors (Lipinski definition) is 1. The molecule has 1 aromatic rings. The third kappa shape index (κ3) is 2.72. The molecule has 100 valence electrons. The molecule has 1 N–H and O–H groups in total. The average Bonchev–Trinajstić information content (AvgIpc) is 3.03. The van der Waals surface area contributed by atoms with Crippen LogP contribution in [0, 0.1) is 0 Å². The predicted octanol–water partition coefficient (Wildman–Crippen LogP) is 2.20. The molecule has 0 unspecified atom stereocenters. The summed E-state index contributed by atoms with van der Waals surface area (Å²) in [6, 6.07) is 1.89. The van der Waals surface area contributed by atoms with Gasteiger partial charge in [-0.3, -0.25) is 14.3 Å². The number of nitrogens with one attached hydrogen (secondary N) is 1. The van der Waals surface area contributed by atoms with Crippen molar-refractivity contribution in [2.75, 3.05) is 6.61 Å². The maximum absolute atomic E-state index is 12.0. The van der Waals surface area contributed by atoms with Gasteiger partial charge in [-0.05, 0) is 46.6 Å². The third-order valence-corrected chi connectivity index (χ3v) is 2.90. The first-order valence-corrected chi connectivity index (χ1v) is 6.46. The second-order valence-corrected chi connectivity index (χ2v) is 5.68. The largest absolute Gasteiger partial charge is 0.293 e. The first-order valence-electron chi connectivity index (χ1n) is 6.46. The Morgan fingerprint density at radius 2 is 2.22 bits per heavy atom. The maximum Gasteiger partial charge on any atom is 0.293 e. The topological polar surface area (TPSA) is 56.1 Å². The number of hydroxylamine groups is 1. The molecule has 0 aliphatic heterocycles. The summed E-state index contributed by atoms with van der Waals surface area (Å²) >= 11 is 0. The summed E-state index contributed by atoms with van der Waals surface area (Å²) in [5.41, 5.74) is 3.81. The van der Waals surface area contributed by atoms with E-state index >= 15 is 0 Å². The number of amides is 1. The fourth-order valence-corrected chi connectivity index (χ4v) is 1.84. The molecule has 0 saturated heterocycles. The van der Waals surface area contributed by atoms with Crippen LogP contribution in [0.5, 0.6) is 0 Å². The molecule has 5 heteroatoms. The van der Waals surface area contributed by atoms with E-state index in [1.807, 2.05) is 33.8 Å². The van der Waals surface area contributed by atoms with Crippen LogP contribution in [0.3, 0.4) is 0 Å². The minimum absolute atomic E-state index is 0.216. The van der Waals surface area contributed by atoms with Gasteiger partial charge < -0.3 is 0 Å². The molecule has 0 bridgehead atoms. The Bertz CT molecular complexity index is 442. The van der Waals surface area contributed by atoms with E-state index in [0.717, 1.165) is 5.69 Å². The first-order chi connectivity index (χ1) is 8.43. The van der Waals surface area contributed by atoms with Gasteiger partial charge in [0.25, 0.3) is 5.91 Å². The van der Waals surface area contributed by atoms with Crippen molar-refractivity contribution >= 4 is 5.91 Å². The highest BCUT2D eigenvalue weighted by molar-refractivity contribution is 5.92. The molecule has 0 radical (unpaired) electrons. The van der Waals surface area contributed by atoms with Crippen LogP contribution in [0.15, 0.2) is 6.07 Å². The van der Waals surface area contributed by atoms with Crippen molar-refractivity contribution in [2.45, 2.75) is 52.0 Å². The minimum atomic E-state index is -0.230. The van der Waals surface area contributed by atoms with Gasteiger partial charge in [-0.15, -0.1) is 0 Å². The average molecular weight is 251 g/mol. The lowest BCUT2D eigenvalue weighted by Crippen LogP contribution is -2.32. The second-order valence-electron chi connectivity index (χ2n) is 5.68. The lowest BCUT2D eigenvalue weighted by atomic mass is 10.1. The van der Waals surface area contributed by atoms with Crippen molar-refractivity contribution in [3.8, 4) is 0 Å². The number of rotatable bonds is 4. The van der Waals surface area contributed by atoms with E-state index in [2.05, 4.69) is 10.6 Å². The smallest absolute Gasteiger partial charge is 0.274 e. The van der Waals surface area contributed by atoms with Gasteiger partial charge in [0.1, 0.15) is 5.69 Å². The van der Waals surface area contributed by atoms with Crippen molar-refractivity contribution in [1.29, 1.82) is 0 Å². The van der Waals surface area contributed by atoms with Crippen LogP contribution in [-0.4, -0.2) is 22.3 Å². The Morgan fingerprint density at radius 3 is 2.72 bits per heavy atom. The molecule has 1 amide bonds. The van der Waals surface area contributed by atoms with E-state index in [1.165, 1.54) is 12.8 Å². The van der Waals surface area contributed by atoms with Crippen molar-refractivity contribution in [3.63, 3.8) is 0 Å². The molecular weight excluding hydrogens is 230 g/mol. The highest BCUT2D eigenvalue weighted by Crippen LogP contribution is 2.40. The van der Waals surface area contributed by atoms with Gasteiger partial charge in [-0.1, -0.05) is 0 Å². The first kappa shape index (κ1) is 13.1. The molecule has 2 rings (SSSR count). The lowest BCUT2D eigenvalue weighted by Gasteiger charge is -2.21. The Labute approximate surface area is 107 Å². The van der Waals surface area contributed by atoms with Crippen molar-refractivity contribution in [2.24, 2.45) is 0 Å². The zero-order valence-electron chi connectivity index (χ0n) is 11.5. The molecule has 1 aromatic heterocycles. The molecule has 0 spiro atoms. The minimum Gasteiger partial charge on any atom is -0.274 e. The standard InChI is InChI=1S/C13H21N3O2/c1-5-18-15-12(17)11-8-10(9-6-7-9)14-16(11)13(2,3)4/h8-9H,5-7H2,1-4H3,(H,15,17). The van der Waals surface area contributed by atoms with Crippen LogP contribution >= 0.6 is 0 Å². The summed E-state index contributed by atoms with van der Waals surface area (Å²) in [5.74, 6) is 0.304. The second kappa shape index (κ2) is 4.72. The quantitative estimate of drug-likeness (QED) is 0.835. The summed E-state index contributed by atoms with van der Waals surface area (Å²) in [6.45, 7) is 8.39. The molecule has 1 aliphatic rings. The zero-order valence-corrected chi connectivity index (χ0v) is 11.5. The van der Waals surface area contributed by atoms with Crippen LogP contribution in [0.1, 0.15) is 62.6 Å². The van der Waals surface area contributed by atoms with E-state index in [-0.39, 0.29) is 11.4 Å². The van der Waals surface area contributed by atoms with Gasteiger partial charge in [-0.2, -0.15) is 5.10 Å². The van der Waals surface area contributed by atoms with Gasteiger partial charge in [0.2, 0.25) is 0 Å². The molecule has 0 aromatic carbocycles.